The van der Waals surface area contributed by atoms with Crippen LogP contribution in [0.15, 0.2) is 28.1 Å². The van der Waals surface area contributed by atoms with Crippen molar-refractivity contribution in [3.63, 3.8) is 0 Å². The van der Waals surface area contributed by atoms with Gasteiger partial charge in [0, 0.05) is 103 Å². The van der Waals surface area contributed by atoms with E-state index in [0.717, 1.165) is 6.07 Å². The van der Waals surface area contributed by atoms with E-state index >= 15 is 4.39 Å². The van der Waals surface area contributed by atoms with Crippen LogP contribution in [0.4, 0.5) is 14.9 Å². The van der Waals surface area contributed by atoms with Crippen LogP contribution in [0.2, 0.25) is 0 Å². The molecule has 1 aromatic carbocycles. The van der Waals surface area contributed by atoms with E-state index in [4.69, 9.17) is 5.73 Å². The monoisotopic (exact) mass is 614 g/mol. The number of nitrogens with two attached hydrogens (primary N) is 1. The number of aryl methyl sites for hydroxylation is 1. The average molecular weight is 615 g/mol. The first-order valence-electron chi connectivity index (χ1n) is 11.7. The van der Waals surface area contributed by atoms with Crippen LogP contribution in [0, 0.1) is 5.82 Å². The minimum Gasteiger partial charge on any atom is -0.477 e. The van der Waals surface area contributed by atoms with Crippen molar-refractivity contribution in [3.8, 4) is 0 Å². The Morgan fingerprint density at radius 2 is 1.83 bits per heavy atom. The number of ether oxygens (including phenoxy) is 1. The number of primary amides is 1. The van der Waals surface area contributed by atoms with E-state index in [9.17, 15) is 37.3 Å². The minimum atomic E-state index is -4.89. The zero-order valence-electron chi connectivity index (χ0n) is 22.6. The number of halogens is 1. The van der Waals surface area contributed by atoms with E-state index < -0.39 is 63.8 Å². The fourth-order valence-electron chi connectivity index (χ4n) is 4.58. The number of β-lactam (4-membered cyclic amide) rings is 1. The molecule has 2 atom stereocenters. The molecule has 41 heavy (non-hydrogen) atoms. The molecule has 0 unspecified atom stereocenters. The number of hydrogen-bond acceptors (Lipinski definition) is 9. The van der Waals surface area contributed by atoms with E-state index in [2.05, 4.69) is 9.73 Å². The molecule has 1 aromatic heterocycles. The predicted octanol–water partition coefficient (Wildman–Crippen LogP) is -1.28. The van der Waals surface area contributed by atoms with Gasteiger partial charge in [-0.15, -0.1) is 0 Å². The Labute approximate surface area is 277 Å². The van der Waals surface area contributed by atoms with E-state index in [1.807, 2.05) is 0 Å². The Bertz CT molecular complexity index is 1550. The van der Waals surface area contributed by atoms with Gasteiger partial charge in [0.15, 0.2) is 6.04 Å². The number of benzene rings is 1. The van der Waals surface area contributed by atoms with Crippen molar-refractivity contribution in [3.05, 3.63) is 39.9 Å². The number of aromatic nitrogens is 1. The van der Waals surface area contributed by atoms with Crippen LogP contribution in [0.3, 0.4) is 0 Å². The molecule has 212 valence electrons. The summed E-state index contributed by atoms with van der Waals surface area (Å²) in [6, 6.07) is 0.0491. The van der Waals surface area contributed by atoms with Gasteiger partial charge in [-0.25, -0.2) is 18.3 Å². The van der Waals surface area contributed by atoms with Crippen molar-refractivity contribution in [2.75, 3.05) is 37.7 Å². The van der Waals surface area contributed by atoms with E-state index in [1.54, 1.807) is 21.3 Å². The Hall–Kier alpha value is -2.25. The number of piperazine rings is 1. The molecule has 2 aliphatic rings. The molecule has 2 amide bonds. The van der Waals surface area contributed by atoms with Crippen molar-refractivity contribution in [2.45, 2.75) is 25.6 Å². The fourth-order valence-corrected chi connectivity index (χ4v) is 5.43. The average Bonchev–Trinajstić information content (AvgIpc) is 2.86. The summed E-state index contributed by atoms with van der Waals surface area (Å²) in [6.07, 6.45) is 1.37. The van der Waals surface area contributed by atoms with Gasteiger partial charge in [0.2, 0.25) is 5.43 Å². The largest absolute Gasteiger partial charge is 0.477 e. The number of aliphatic imine (C=N–C) groups is 1. The van der Waals surface area contributed by atoms with Crippen molar-refractivity contribution in [1.82, 2.24) is 13.8 Å². The summed E-state index contributed by atoms with van der Waals surface area (Å²) >= 11 is 0. The SMILES string of the molecule is CCn1cc(C(=O)O)c(=O)c2cc(F)c(N3CCN(C=N[C@@H]4C(=O)N(S(=O)(=O)O)[C@@H]4COC(N)=O)CC3)cc21.[Na].[Na]. The quantitative estimate of drug-likeness (QED) is 0.105. The molecule has 3 heterocycles. The summed E-state index contributed by atoms with van der Waals surface area (Å²) < 4.78 is 53.6. The second kappa shape index (κ2) is 13.8. The maximum absolute atomic E-state index is 15.1. The number of aromatic carboxylic acids is 1. The molecule has 0 spiro atoms. The van der Waals surface area contributed by atoms with Gasteiger partial charge in [-0.3, -0.25) is 19.1 Å². The fraction of sp³-hybridized carbons (Fsp3) is 0.409. The maximum Gasteiger partial charge on any atom is 0.404 e. The third kappa shape index (κ3) is 7.22. The first-order valence-corrected chi connectivity index (χ1v) is 13.1. The van der Waals surface area contributed by atoms with Gasteiger partial charge in [0.1, 0.15) is 24.0 Å². The molecule has 2 radical (unpaired) electrons. The Kier molecular flexibility index (Phi) is 11.8. The number of carbonyl (C=O) groups excluding carboxylic acids is 2. The van der Waals surface area contributed by atoms with Crippen molar-refractivity contribution < 1.29 is 41.6 Å². The third-order valence-corrected chi connectivity index (χ3v) is 7.49. The molecule has 4 N–H and O–H groups in total. The van der Waals surface area contributed by atoms with Crippen molar-refractivity contribution >= 4 is 110 Å². The molecule has 15 nitrogen and oxygen atoms in total. The number of rotatable bonds is 8. The minimum absolute atomic E-state index is 0. The smallest absolute Gasteiger partial charge is 0.404 e. The van der Waals surface area contributed by atoms with Gasteiger partial charge in [-0.1, -0.05) is 0 Å². The summed E-state index contributed by atoms with van der Waals surface area (Å²) in [7, 11) is -4.89. The Morgan fingerprint density at radius 1 is 1.20 bits per heavy atom. The molecule has 4 rings (SSSR count). The van der Waals surface area contributed by atoms with Crippen LogP contribution in [-0.2, 0) is 26.4 Å². The number of carbonyl (C=O) groups is 3. The van der Waals surface area contributed by atoms with Gasteiger partial charge in [0.05, 0.1) is 17.5 Å². The maximum atomic E-state index is 15.1. The molecule has 19 heteroatoms. The number of carboxylic acids is 1. The molecule has 0 bridgehead atoms. The summed E-state index contributed by atoms with van der Waals surface area (Å²) in [5, 5.41) is 9.27. The molecule has 2 fully saturated rings. The number of nitrogens with zero attached hydrogens (tertiary/aromatic N) is 5. The summed E-state index contributed by atoms with van der Waals surface area (Å²) in [5.74, 6) is -3.08. The van der Waals surface area contributed by atoms with Crippen molar-refractivity contribution in [1.29, 1.82) is 0 Å². The van der Waals surface area contributed by atoms with E-state index in [0.29, 0.717) is 38.2 Å². The zero-order valence-corrected chi connectivity index (χ0v) is 27.4. The molecular formula is C22H25FN6Na2O9S. The molecular weight excluding hydrogens is 589 g/mol. The summed E-state index contributed by atoms with van der Waals surface area (Å²) in [6.45, 7) is 2.85. The number of fused-ring (bicyclic) bond motifs is 1. The van der Waals surface area contributed by atoms with Gasteiger partial charge in [-0.05, 0) is 19.1 Å². The first-order chi connectivity index (χ1) is 18.3. The number of pyridine rings is 1. The summed E-state index contributed by atoms with van der Waals surface area (Å²) in [4.78, 5) is 54.7. The molecule has 0 aliphatic carbocycles. The van der Waals surface area contributed by atoms with Crippen LogP contribution in [-0.4, -0.2) is 160 Å². The second-order valence-corrected chi connectivity index (χ2v) is 10.1. The number of anilines is 1. The van der Waals surface area contributed by atoms with Crippen LogP contribution < -0.4 is 16.1 Å². The van der Waals surface area contributed by atoms with E-state index in [1.165, 1.54) is 18.6 Å². The standard InChI is InChI=1S/C22H25FN6O9S.2Na/c1-2-27-9-13(21(32)33)19(30)12-7-14(23)16(8-15(12)27)28-5-3-26(4-6-28)11-25-18-17(10-38-22(24)34)29(20(18)31)39(35,36)37;;/h7-9,11,17-18H,2-6,10H2,1H3,(H2,24,34)(H,32,33)(H,35,36,37);;/t17-,18+;;/m1../s1. The van der Waals surface area contributed by atoms with Crippen LogP contribution in [0.25, 0.3) is 10.9 Å². The summed E-state index contributed by atoms with van der Waals surface area (Å²) in [5.41, 5.74) is 4.30. The molecule has 2 saturated heterocycles. The number of carboxylic acid groups (broad SMARTS) is 1. The van der Waals surface area contributed by atoms with Crippen LogP contribution >= 0.6 is 0 Å². The Morgan fingerprint density at radius 3 is 2.37 bits per heavy atom. The Balaban J connectivity index is 0.00000294. The van der Waals surface area contributed by atoms with Crippen LogP contribution in [0.1, 0.15) is 17.3 Å². The molecule has 2 aromatic rings. The van der Waals surface area contributed by atoms with Gasteiger partial charge >= 0.3 is 22.4 Å². The number of hydrogen-bond donors (Lipinski definition) is 3. The number of amides is 2. The van der Waals surface area contributed by atoms with Gasteiger partial charge in [-0.2, -0.15) is 8.42 Å². The van der Waals surface area contributed by atoms with Gasteiger partial charge < -0.3 is 29.9 Å². The van der Waals surface area contributed by atoms with Crippen molar-refractivity contribution in [2.24, 2.45) is 10.7 Å². The third-order valence-electron chi connectivity index (χ3n) is 6.55. The first kappa shape index (κ1) is 34.9. The second-order valence-electron chi connectivity index (χ2n) is 8.83. The normalized spacial score (nSPS) is 19.0. The zero-order chi connectivity index (χ0) is 28.6. The topological polar surface area (TPSA) is 205 Å². The van der Waals surface area contributed by atoms with Gasteiger partial charge in [0.25, 0.3) is 5.91 Å². The van der Waals surface area contributed by atoms with E-state index in [-0.39, 0.29) is 74.5 Å². The van der Waals surface area contributed by atoms with Crippen LogP contribution in [0.5, 0.6) is 0 Å². The predicted molar refractivity (Wildman–Crippen MR) is 146 cm³/mol. The molecule has 0 saturated carbocycles. The molecule has 2 aliphatic heterocycles.